The van der Waals surface area contributed by atoms with Crippen molar-refractivity contribution >= 4 is 0 Å². The van der Waals surface area contributed by atoms with Gasteiger partial charge in [0.2, 0.25) is 0 Å². The molecule has 21 heavy (non-hydrogen) atoms. The summed E-state index contributed by atoms with van der Waals surface area (Å²) in [5.41, 5.74) is 2.78. The van der Waals surface area contributed by atoms with Crippen LogP contribution in [0.1, 0.15) is 43.2 Å². The van der Waals surface area contributed by atoms with Gasteiger partial charge < -0.3 is 14.7 Å². The van der Waals surface area contributed by atoms with Gasteiger partial charge in [-0.15, -0.1) is 0 Å². The fraction of sp³-hybridized carbons (Fsp3) is 0.667. The van der Waals surface area contributed by atoms with Gasteiger partial charge in [-0.2, -0.15) is 0 Å². The predicted molar refractivity (Wildman–Crippen MR) is 83.0 cm³/mol. The van der Waals surface area contributed by atoms with Crippen molar-refractivity contribution in [3.05, 3.63) is 23.3 Å². The normalized spacial score (nSPS) is 35.0. The molecule has 114 valence electrons. The smallest absolute Gasteiger partial charge is 0.161 e. The van der Waals surface area contributed by atoms with Gasteiger partial charge in [-0.25, -0.2) is 0 Å². The Morgan fingerprint density at radius 3 is 2.95 bits per heavy atom. The van der Waals surface area contributed by atoms with E-state index in [1.807, 2.05) is 6.07 Å². The van der Waals surface area contributed by atoms with Crippen LogP contribution in [0.5, 0.6) is 11.5 Å². The number of hydrogen-bond acceptors (Lipinski definition) is 3. The fourth-order valence-corrected chi connectivity index (χ4v) is 5.45. The highest BCUT2D eigenvalue weighted by Gasteiger charge is 2.54. The second-order valence-corrected chi connectivity index (χ2v) is 7.16. The zero-order valence-electron chi connectivity index (χ0n) is 13.1. The van der Waals surface area contributed by atoms with Gasteiger partial charge in [0.25, 0.3) is 0 Å². The van der Waals surface area contributed by atoms with E-state index in [1.54, 1.807) is 7.11 Å². The lowest BCUT2D eigenvalue weighted by atomic mass is 9.52. The van der Waals surface area contributed by atoms with Gasteiger partial charge in [0.15, 0.2) is 11.5 Å². The van der Waals surface area contributed by atoms with Gasteiger partial charge in [0.05, 0.1) is 7.11 Å². The van der Waals surface area contributed by atoms with Crippen molar-refractivity contribution in [3.63, 3.8) is 0 Å². The summed E-state index contributed by atoms with van der Waals surface area (Å²) in [6.07, 6.45) is 7.44. The van der Waals surface area contributed by atoms with Gasteiger partial charge in [-0.3, -0.25) is 0 Å². The maximum absolute atomic E-state index is 10.8. The molecule has 1 aromatic carbocycles. The second kappa shape index (κ2) is 4.64. The Bertz CT molecular complexity index is 571. The van der Waals surface area contributed by atoms with Crippen molar-refractivity contribution in [2.24, 2.45) is 5.92 Å². The van der Waals surface area contributed by atoms with Gasteiger partial charge in [-0.05, 0) is 56.8 Å². The summed E-state index contributed by atoms with van der Waals surface area (Å²) in [6, 6.07) is 4.77. The second-order valence-electron chi connectivity index (χ2n) is 7.16. The van der Waals surface area contributed by atoms with Crippen molar-refractivity contribution < 1.29 is 9.84 Å². The number of piperidine rings is 1. The molecule has 1 N–H and O–H groups in total. The first-order valence-corrected chi connectivity index (χ1v) is 8.27. The lowest BCUT2D eigenvalue weighted by molar-refractivity contribution is 0.00132. The SMILES string of the molecule is COc1ccc2c(c1O)[C@@]13CCCC[C@H]1[C@H](C2)N(C)CC3. The number of benzene rings is 1. The van der Waals surface area contributed by atoms with Gasteiger partial charge in [-0.1, -0.05) is 18.9 Å². The quantitative estimate of drug-likeness (QED) is 0.861. The van der Waals surface area contributed by atoms with E-state index < -0.39 is 0 Å². The molecule has 3 atom stereocenters. The van der Waals surface area contributed by atoms with E-state index in [-0.39, 0.29) is 5.41 Å². The minimum Gasteiger partial charge on any atom is -0.504 e. The summed E-state index contributed by atoms with van der Waals surface area (Å²) in [5.74, 6) is 1.77. The Balaban J connectivity index is 1.93. The highest BCUT2D eigenvalue weighted by atomic mass is 16.5. The number of phenols is 1. The van der Waals surface area contributed by atoms with Gasteiger partial charge in [0, 0.05) is 17.0 Å². The highest BCUT2D eigenvalue weighted by Crippen LogP contribution is 2.58. The lowest BCUT2D eigenvalue weighted by Gasteiger charge is -2.58. The number of aromatic hydroxyl groups is 1. The monoisotopic (exact) mass is 287 g/mol. The molecule has 3 aliphatic rings. The summed E-state index contributed by atoms with van der Waals surface area (Å²) in [4.78, 5) is 2.55. The van der Waals surface area contributed by atoms with Crippen LogP contribution < -0.4 is 4.74 Å². The van der Waals surface area contributed by atoms with E-state index in [9.17, 15) is 5.11 Å². The largest absolute Gasteiger partial charge is 0.504 e. The molecule has 1 aliphatic heterocycles. The first kappa shape index (κ1) is 13.4. The van der Waals surface area contributed by atoms with Crippen LogP contribution in [-0.2, 0) is 11.8 Å². The molecule has 0 spiro atoms. The van der Waals surface area contributed by atoms with Crippen LogP contribution in [0.15, 0.2) is 12.1 Å². The highest BCUT2D eigenvalue weighted by molar-refractivity contribution is 5.56. The Labute approximate surface area is 126 Å². The standard InChI is InChI=1S/C18H25NO2/c1-19-10-9-18-8-4-3-5-13(18)14(19)11-12-6-7-15(21-2)17(20)16(12)18/h6-7,13-14,20H,3-5,8-11H2,1-2H3/t13-,14-,18+/m0/s1. The molecule has 2 bridgehead atoms. The molecule has 3 heteroatoms. The molecule has 1 saturated heterocycles. The summed E-state index contributed by atoms with van der Waals surface area (Å²) in [5, 5.41) is 10.8. The van der Waals surface area contributed by atoms with Crippen LogP contribution >= 0.6 is 0 Å². The minimum atomic E-state index is 0.196. The molecule has 0 radical (unpaired) electrons. The lowest BCUT2D eigenvalue weighted by Crippen LogP contribution is -2.59. The number of phenolic OH excluding ortho intramolecular Hbond substituents is 1. The molecule has 3 nitrogen and oxygen atoms in total. The summed E-state index contributed by atoms with van der Waals surface area (Å²) < 4.78 is 5.39. The van der Waals surface area contributed by atoms with Crippen molar-refractivity contribution in [1.29, 1.82) is 0 Å². The van der Waals surface area contributed by atoms with E-state index >= 15 is 0 Å². The maximum Gasteiger partial charge on any atom is 0.161 e. The van der Waals surface area contributed by atoms with E-state index in [4.69, 9.17) is 4.74 Å². The molecule has 2 fully saturated rings. The van der Waals surface area contributed by atoms with Crippen molar-refractivity contribution in [3.8, 4) is 11.5 Å². The molecule has 2 aliphatic carbocycles. The third-order valence-corrected chi connectivity index (χ3v) is 6.41. The maximum atomic E-state index is 10.8. The molecular weight excluding hydrogens is 262 g/mol. The number of rotatable bonds is 1. The first-order valence-electron chi connectivity index (χ1n) is 8.27. The number of likely N-dealkylation sites (N-methyl/N-ethyl adjacent to an activating group) is 1. The Morgan fingerprint density at radius 1 is 1.29 bits per heavy atom. The van der Waals surface area contributed by atoms with E-state index in [0.717, 1.165) is 13.0 Å². The zero-order chi connectivity index (χ0) is 14.6. The van der Waals surface area contributed by atoms with Crippen molar-refractivity contribution in [2.45, 2.75) is 50.0 Å². The molecule has 1 saturated carbocycles. The summed E-state index contributed by atoms with van der Waals surface area (Å²) in [7, 11) is 3.93. The third kappa shape index (κ3) is 1.70. The topological polar surface area (TPSA) is 32.7 Å². The molecule has 0 amide bonds. The summed E-state index contributed by atoms with van der Waals surface area (Å²) in [6.45, 7) is 1.15. The fourth-order valence-electron chi connectivity index (χ4n) is 5.45. The van der Waals surface area contributed by atoms with E-state index in [1.165, 1.54) is 43.2 Å². The van der Waals surface area contributed by atoms with Crippen LogP contribution in [0.4, 0.5) is 0 Å². The summed E-state index contributed by atoms with van der Waals surface area (Å²) >= 11 is 0. The Morgan fingerprint density at radius 2 is 2.14 bits per heavy atom. The van der Waals surface area contributed by atoms with Crippen LogP contribution in [0.2, 0.25) is 0 Å². The number of fused-ring (bicyclic) bond motifs is 1. The Kier molecular flexibility index (Phi) is 2.97. The Hall–Kier alpha value is -1.22. The molecule has 1 heterocycles. The van der Waals surface area contributed by atoms with Crippen LogP contribution in [-0.4, -0.2) is 36.8 Å². The van der Waals surface area contributed by atoms with Crippen LogP contribution in [0.3, 0.4) is 0 Å². The molecular formula is C18H25NO2. The van der Waals surface area contributed by atoms with E-state index in [0.29, 0.717) is 23.5 Å². The average molecular weight is 287 g/mol. The van der Waals surface area contributed by atoms with Gasteiger partial charge in [0.1, 0.15) is 0 Å². The van der Waals surface area contributed by atoms with Crippen LogP contribution in [0, 0.1) is 5.92 Å². The number of likely N-dealkylation sites (tertiary alicyclic amines) is 1. The zero-order valence-corrected chi connectivity index (χ0v) is 13.1. The predicted octanol–water partition coefficient (Wildman–Crippen LogP) is 3.09. The molecule has 0 unspecified atom stereocenters. The average Bonchev–Trinajstić information content (AvgIpc) is 2.51. The number of ether oxygens (including phenoxy) is 1. The molecule has 0 aromatic heterocycles. The number of methoxy groups -OCH3 is 1. The van der Waals surface area contributed by atoms with E-state index in [2.05, 4.69) is 18.0 Å². The molecule has 1 aromatic rings. The van der Waals surface area contributed by atoms with Crippen molar-refractivity contribution in [2.75, 3.05) is 20.7 Å². The third-order valence-electron chi connectivity index (χ3n) is 6.41. The number of nitrogens with zero attached hydrogens (tertiary/aromatic N) is 1. The van der Waals surface area contributed by atoms with Crippen LogP contribution in [0.25, 0.3) is 0 Å². The number of hydrogen-bond donors (Lipinski definition) is 1. The first-order chi connectivity index (χ1) is 10.2. The van der Waals surface area contributed by atoms with Crippen molar-refractivity contribution in [1.82, 2.24) is 4.90 Å². The van der Waals surface area contributed by atoms with Gasteiger partial charge >= 0.3 is 0 Å². The minimum absolute atomic E-state index is 0.196. The molecule has 4 rings (SSSR count).